The number of hydrogen-bond acceptors (Lipinski definition) is 3. The number of benzene rings is 1. The molecule has 0 saturated carbocycles. The smallest absolute Gasteiger partial charge is 0.120 e. The molecule has 1 heterocycles. The lowest BCUT2D eigenvalue weighted by Crippen LogP contribution is -2.05. The average Bonchev–Trinajstić information content (AvgIpc) is 2.35. The second-order valence-electron chi connectivity index (χ2n) is 4.72. The van der Waals surface area contributed by atoms with Crippen LogP contribution in [0.2, 0.25) is 0 Å². The van der Waals surface area contributed by atoms with Gasteiger partial charge in [-0.3, -0.25) is 4.98 Å². The van der Waals surface area contributed by atoms with Gasteiger partial charge in [-0.05, 0) is 57.5 Å². The van der Waals surface area contributed by atoms with E-state index in [1.807, 2.05) is 32.0 Å². The Kier molecular flexibility index (Phi) is 4.15. The standard InChI is InChI=1S/C15H20N2O/c1-11(2)18-14-7-8-15-12(10-14)5-6-13(17-15)4-3-9-16/h5-8,10-11H,3-4,9,16H2,1-2H3. The largest absolute Gasteiger partial charge is 0.491 e. The summed E-state index contributed by atoms with van der Waals surface area (Å²) in [5.41, 5.74) is 7.63. The van der Waals surface area contributed by atoms with E-state index in [1.165, 1.54) is 0 Å². The van der Waals surface area contributed by atoms with E-state index in [0.717, 1.165) is 35.2 Å². The molecule has 2 N–H and O–H groups in total. The number of fused-ring (bicyclic) bond motifs is 1. The van der Waals surface area contributed by atoms with Gasteiger partial charge in [-0.1, -0.05) is 6.07 Å². The number of aromatic nitrogens is 1. The Labute approximate surface area is 108 Å². The highest BCUT2D eigenvalue weighted by Gasteiger charge is 2.02. The predicted molar refractivity (Wildman–Crippen MR) is 74.9 cm³/mol. The van der Waals surface area contributed by atoms with Gasteiger partial charge in [0.15, 0.2) is 0 Å². The fourth-order valence-electron chi connectivity index (χ4n) is 1.91. The van der Waals surface area contributed by atoms with E-state index in [1.54, 1.807) is 0 Å². The topological polar surface area (TPSA) is 48.1 Å². The second kappa shape index (κ2) is 5.83. The maximum atomic E-state index is 5.67. The van der Waals surface area contributed by atoms with Crippen LogP contribution in [0.15, 0.2) is 30.3 Å². The lowest BCUT2D eigenvalue weighted by molar-refractivity contribution is 0.243. The fourth-order valence-corrected chi connectivity index (χ4v) is 1.91. The summed E-state index contributed by atoms with van der Waals surface area (Å²) in [6.07, 6.45) is 2.11. The Morgan fingerprint density at radius 1 is 1.22 bits per heavy atom. The zero-order valence-corrected chi connectivity index (χ0v) is 11.0. The molecule has 3 heteroatoms. The molecule has 0 saturated heterocycles. The number of hydrogen-bond donors (Lipinski definition) is 1. The van der Waals surface area contributed by atoms with Crippen LogP contribution in [0.1, 0.15) is 26.0 Å². The molecular weight excluding hydrogens is 224 g/mol. The predicted octanol–water partition coefficient (Wildman–Crippen LogP) is 2.91. The molecule has 0 aliphatic rings. The molecule has 3 nitrogen and oxygen atoms in total. The fraction of sp³-hybridized carbons (Fsp3) is 0.400. The van der Waals surface area contributed by atoms with Crippen molar-refractivity contribution in [2.45, 2.75) is 32.8 Å². The molecule has 0 aliphatic carbocycles. The maximum Gasteiger partial charge on any atom is 0.120 e. The number of rotatable bonds is 5. The minimum atomic E-state index is 0.194. The van der Waals surface area contributed by atoms with Gasteiger partial charge in [0.25, 0.3) is 0 Å². The third-order valence-electron chi connectivity index (χ3n) is 2.73. The molecular formula is C15H20N2O. The molecule has 0 fully saturated rings. The van der Waals surface area contributed by atoms with Crippen molar-refractivity contribution >= 4 is 10.9 Å². The maximum absolute atomic E-state index is 5.67. The normalized spacial score (nSPS) is 11.1. The van der Waals surface area contributed by atoms with Gasteiger partial charge < -0.3 is 10.5 Å². The molecule has 0 amide bonds. The van der Waals surface area contributed by atoms with Crippen LogP contribution in [0.4, 0.5) is 0 Å². The summed E-state index contributed by atoms with van der Waals surface area (Å²) in [7, 11) is 0. The molecule has 0 bridgehead atoms. The van der Waals surface area contributed by atoms with Crippen LogP contribution in [-0.2, 0) is 6.42 Å². The lowest BCUT2D eigenvalue weighted by Gasteiger charge is -2.10. The molecule has 2 aromatic rings. The minimum absolute atomic E-state index is 0.194. The summed E-state index contributed by atoms with van der Waals surface area (Å²) in [5.74, 6) is 0.897. The average molecular weight is 244 g/mol. The summed E-state index contributed by atoms with van der Waals surface area (Å²) in [6, 6.07) is 10.2. The molecule has 0 atom stereocenters. The van der Waals surface area contributed by atoms with Gasteiger partial charge in [0.2, 0.25) is 0 Å². The summed E-state index contributed by atoms with van der Waals surface area (Å²) in [6.45, 7) is 4.76. The van der Waals surface area contributed by atoms with Gasteiger partial charge in [0.05, 0.1) is 11.6 Å². The van der Waals surface area contributed by atoms with E-state index in [2.05, 4.69) is 17.1 Å². The Bertz CT molecular complexity index is 523. The highest BCUT2D eigenvalue weighted by atomic mass is 16.5. The van der Waals surface area contributed by atoms with Crippen molar-refractivity contribution < 1.29 is 4.74 Å². The first-order chi connectivity index (χ1) is 8.69. The first-order valence-electron chi connectivity index (χ1n) is 6.45. The SMILES string of the molecule is CC(C)Oc1ccc2nc(CCCN)ccc2c1. The monoisotopic (exact) mass is 244 g/mol. The van der Waals surface area contributed by atoms with Crippen LogP contribution < -0.4 is 10.5 Å². The summed E-state index contributed by atoms with van der Waals surface area (Å²) in [5, 5.41) is 1.12. The van der Waals surface area contributed by atoms with Crippen molar-refractivity contribution in [2.75, 3.05) is 6.54 Å². The lowest BCUT2D eigenvalue weighted by atomic mass is 10.1. The van der Waals surface area contributed by atoms with E-state index in [-0.39, 0.29) is 6.10 Å². The van der Waals surface area contributed by atoms with Crippen LogP contribution in [-0.4, -0.2) is 17.6 Å². The number of ether oxygens (including phenoxy) is 1. The first-order valence-corrected chi connectivity index (χ1v) is 6.45. The highest BCUT2D eigenvalue weighted by Crippen LogP contribution is 2.21. The molecule has 96 valence electrons. The third-order valence-corrected chi connectivity index (χ3v) is 2.73. The molecule has 1 aromatic carbocycles. The van der Waals surface area contributed by atoms with Gasteiger partial charge >= 0.3 is 0 Å². The van der Waals surface area contributed by atoms with Crippen LogP contribution >= 0.6 is 0 Å². The highest BCUT2D eigenvalue weighted by molar-refractivity contribution is 5.80. The molecule has 2 rings (SSSR count). The van der Waals surface area contributed by atoms with Crippen LogP contribution in [0, 0.1) is 0 Å². The van der Waals surface area contributed by atoms with Crippen molar-refractivity contribution in [3.8, 4) is 5.75 Å². The molecule has 0 unspecified atom stereocenters. The Hall–Kier alpha value is -1.61. The van der Waals surface area contributed by atoms with Gasteiger partial charge in [0.1, 0.15) is 5.75 Å². The van der Waals surface area contributed by atoms with E-state index in [9.17, 15) is 0 Å². The van der Waals surface area contributed by atoms with E-state index in [4.69, 9.17) is 10.5 Å². The van der Waals surface area contributed by atoms with Gasteiger partial charge in [-0.25, -0.2) is 0 Å². The van der Waals surface area contributed by atoms with Crippen molar-refractivity contribution in [2.24, 2.45) is 5.73 Å². The van der Waals surface area contributed by atoms with Crippen molar-refractivity contribution in [3.63, 3.8) is 0 Å². The Balaban J connectivity index is 2.24. The first kappa shape index (κ1) is 12.8. The minimum Gasteiger partial charge on any atom is -0.491 e. The van der Waals surface area contributed by atoms with Gasteiger partial charge in [-0.2, -0.15) is 0 Å². The Morgan fingerprint density at radius 3 is 2.78 bits per heavy atom. The molecule has 0 radical (unpaired) electrons. The zero-order chi connectivity index (χ0) is 13.0. The number of nitrogens with zero attached hydrogens (tertiary/aromatic N) is 1. The van der Waals surface area contributed by atoms with E-state index in [0.29, 0.717) is 6.54 Å². The molecule has 0 aliphatic heterocycles. The van der Waals surface area contributed by atoms with Gasteiger partial charge in [0, 0.05) is 11.1 Å². The number of aryl methyl sites for hydroxylation is 1. The van der Waals surface area contributed by atoms with Crippen molar-refractivity contribution in [1.29, 1.82) is 0 Å². The third kappa shape index (κ3) is 3.20. The molecule has 18 heavy (non-hydrogen) atoms. The van der Waals surface area contributed by atoms with E-state index < -0.39 is 0 Å². The van der Waals surface area contributed by atoms with Gasteiger partial charge in [-0.15, -0.1) is 0 Å². The van der Waals surface area contributed by atoms with Crippen molar-refractivity contribution in [1.82, 2.24) is 4.98 Å². The molecule has 1 aromatic heterocycles. The quantitative estimate of drug-likeness (QED) is 0.879. The van der Waals surface area contributed by atoms with Crippen LogP contribution in [0.3, 0.4) is 0 Å². The zero-order valence-electron chi connectivity index (χ0n) is 11.0. The summed E-state index contributed by atoms with van der Waals surface area (Å²) < 4.78 is 5.67. The summed E-state index contributed by atoms with van der Waals surface area (Å²) >= 11 is 0. The molecule has 0 spiro atoms. The van der Waals surface area contributed by atoms with Crippen LogP contribution in [0.25, 0.3) is 10.9 Å². The number of nitrogens with two attached hydrogens (primary N) is 1. The second-order valence-corrected chi connectivity index (χ2v) is 4.72. The summed E-state index contributed by atoms with van der Waals surface area (Å²) in [4.78, 5) is 4.62. The van der Waals surface area contributed by atoms with Crippen molar-refractivity contribution in [3.05, 3.63) is 36.0 Å². The Morgan fingerprint density at radius 2 is 2.06 bits per heavy atom. The number of pyridine rings is 1. The van der Waals surface area contributed by atoms with E-state index >= 15 is 0 Å². The van der Waals surface area contributed by atoms with Crippen LogP contribution in [0.5, 0.6) is 5.75 Å².